The van der Waals surface area contributed by atoms with Gasteiger partial charge in [-0.25, -0.2) is 8.42 Å². The quantitative estimate of drug-likeness (QED) is 0.534. The molecule has 0 unspecified atom stereocenters. The Morgan fingerprint density at radius 1 is 0.897 bits per heavy atom. The molecule has 1 N–H and O–H groups in total. The number of aryl methyl sites for hydroxylation is 1. The Morgan fingerprint density at radius 3 is 2.34 bits per heavy atom. The number of rotatable bonds is 3. The molecule has 29 heavy (non-hydrogen) atoms. The van der Waals surface area contributed by atoms with Crippen molar-refractivity contribution in [1.82, 2.24) is 9.29 Å². The molecule has 1 aliphatic rings. The number of sulfonamides is 1. The fourth-order valence-electron chi connectivity index (χ4n) is 4.29. The van der Waals surface area contributed by atoms with E-state index in [2.05, 4.69) is 17.1 Å². The molecule has 3 aromatic carbocycles. The molecular formula is C24H22N2O2S. The molecule has 0 amide bonds. The van der Waals surface area contributed by atoms with Crippen molar-refractivity contribution in [3.05, 3.63) is 101 Å². The molecule has 0 saturated heterocycles. The Bertz CT molecular complexity index is 1280. The summed E-state index contributed by atoms with van der Waals surface area (Å²) < 4.78 is 28.8. The first kappa shape index (κ1) is 18.2. The van der Waals surface area contributed by atoms with Crippen LogP contribution >= 0.6 is 0 Å². The van der Waals surface area contributed by atoms with Crippen molar-refractivity contribution >= 4 is 20.9 Å². The van der Waals surface area contributed by atoms with Crippen molar-refractivity contribution in [2.75, 3.05) is 6.54 Å². The second-order valence-electron chi connectivity index (χ2n) is 7.55. The zero-order valence-electron chi connectivity index (χ0n) is 16.2. The second kappa shape index (κ2) is 6.87. The minimum absolute atomic E-state index is 0.330. The van der Waals surface area contributed by atoms with Gasteiger partial charge >= 0.3 is 0 Å². The summed E-state index contributed by atoms with van der Waals surface area (Å²) >= 11 is 0. The van der Waals surface area contributed by atoms with E-state index >= 15 is 0 Å². The van der Waals surface area contributed by atoms with E-state index in [4.69, 9.17) is 0 Å². The lowest BCUT2D eigenvalue weighted by Crippen LogP contribution is -2.40. The van der Waals surface area contributed by atoms with Gasteiger partial charge in [-0.2, -0.15) is 4.31 Å². The Labute approximate surface area is 170 Å². The predicted molar refractivity (Wildman–Crippen MR) is 115 cm³/mol. The number of hydrogen-bond acceptors (Lipinski definition) is 2. The molecule has 4 nitrogen and oxygen atoms in total. The van der Waals surface area contributed by atoms with Gasteiger partial charge in [-0.3, -0.25) is 0 Å². The summed E-state index contributed by atoms with van der Waals surface area (Å²) in [5.41, 5.74) is 5.36. The van der Waals surface area contributed by atoms with Gasteiger partial charge in [-0.05, 0) is 42.7 Å². The minimum atomic E-state index is -3.64. The molecule has 0 saturated carbocycles. The number of aromatic nitrogens is 1. The summed E-state index contributed by atoms with van der Waals surface area (Å²) in [5, 5.41) is 1.18. The van der Waals surface area contributed by atoms with Crippen LogP contribution in [-0.4, -0.2) is 24.3 Å². The van der Waals surface area contributed by atoms with Crippen LogP contribution in [0, 0.1) is 6.92 Å². The molecule has 146 valence electrons. The van der Waals surface area contributed by atoms with Crippen LogP contribution in [0.3, 0.4) is 0 Å². The van der Waals surface area contributed by atoms with Crippen LogP contribution < -0.4 is 0 Å². The van der Waals surface area contributed by atoms with Gasteiger partial charge in [0.25, 0.3) is 0 Å². The number of benzene rings is 3. The van der Waals surface area contributed by atoms with Crippen LogP contribution in [0.1, 0.15) is 28.4 Å². The standard InChI is InChI=1S/C24H22N2O2S/c1-17-11-13-18(14-12-17)24-23-21(20-9-5-6-10-22(20)25-23)15-16-26(24)29(27,28)19-7-3-2-4-8-19/h2-14,24-25H,15-16H2,1H3/t24-/m1/s1. The number of aromatic amines is 1. The largest absolute Gasteiger partial charge is 0.357 e. The monoisotopic (exact) mass is 402 g/mol. The third-order valence-electron chi connectivity index (χ3n) is 5.73. The molecule has 0 spiro atoms. The van der Waals surface area contributed by atoms with E-state index in [9.17, 15) is 8.42 Å². The molecule has 1 aromatic heterocycles. The third-order valence-corrected chi connectivity index (χ3v) is 7.61. The Balaban J connectivity index is 1.72. The van der Waals surface area contributed by atoms with Gasteiger partial charge in [-0.15, -0.1) is 0 Å². The Hall–Kier alpha value is -2.89. The summed E-state index contributed by atoms with van der Waals surface area (Å²) in [6.45, 7) is 2.49. The van der Waals surface area contributed by atoms with Crippen LogP contribution in [0.15, 0.2) is 83.8 Å². The van der Waals surface area contributed by atoms with Gasteiger partial charge in [0.05, 0.1) is 10.9 Å². The molecule has 1 aliphatic heterocycles. The number of para-hydroxylation sites is 1. The number of nitrogens with zero attached hydrogens (tertiary/aromatic N) is 1. The lowest BCUT2D eigenvalue weighted by atomic mass is 9.94. The molecule has 5 heteroatoms. The van der Waals surface area contributed by atoms with Gasteiger partial charge in [0.15, 0.2) is 0 Å². The van der Waals surface area contributed by atoms with Crippen LogP contribution in [0.25, 0.3) is 10.9 Å². The topological polar surface area (TPSA) is 53.2 Å². The van der Waals surface area contributed by atoms with Crippen LogP contribution in [0.5, 0.6) is 0 Å². The van der Waals surface area contributed by atoms with Gasteiger partial charge in [0, 0.05) is 23.1 Å². The first-order valence-electron chi connectivity index (χ1n) is 9.78. The molecule has 0 fully saturated rings. The zero-order chi connectivity index (χ0) is 20.0. The Morgan fingerprint density at radius 2 is 1.59 bits per heavy atom. The molecule has 0 radical (unpaired) electrons. The molecular weight excluding hydrogens is 380 g/mol. The van der Waals surface area contributed by atoms with Gasteiger partial charge < -0.3 is 4.98 Å². The summed E-state index contributed by atoms with van der Waals surface area (Å²) in [6.07, 6.45) is 0.688. The first-order chi connectivity index (χ1) is 14.1. The molecule has 4 aromatic rings. The molecule has 5 rings (SSSR count). The van der Waals surface area contributed by atoms with Crippen LogP contribution in [0.2, 0.25) is 0 Å². The van der Waals surface area contributed by atoms with Crippen molar-refractivity contribution in [2.24, 2.45) is 0 Å². The molecule has 1 atom stereocenters. The van der Waals surface area contributed by atoms with E-state index in [1.165, 1.54) is 10.9 Å². The lowest BCUT2D eigenvalue weighted by molar-refractivity contribution is 0.340. The van der Waals surface area contributed by atoms with Crippen LogP contribution in [0.4, 0.5) is 0 Å². The van der Waals surface area contributed by atoms with Gasteiger partial charge in [0.2, 0.25) is 10.0 Å². The minimum Gasteiger partial charge on any atom is -0.357 e. The molecule has 0 aliphatic carbocycles. The molecule has 2 heterocycles. The maximum Gasteiger partial charge on any atom is 0.244 e. The highest BCUT2D eigenvalue weighted by molar-refractivity contribution is 7.89. The van der Waals surface area contributed by atoms with E-state index in [0.29, 0.717) is 17.9 Å². The average Bonchev–Trinajstić information content (AvgIpc) is 3.13. The summed E-state index contributed by atoms with van der Waals surface area (Å²) in [5.74, 6) is 0. The highest BCUT2D eigenvalue weighted by Gasteiger charge is 2.39. The normalized spacial score (nSPS) is 17.3. The van der Waals surface area contributed by atoms with Gasteiger partial charge in [0.1, 0.15) is 0 Å². The predicted octanol–water partition coefficient (Wildman–Crippen LogP) is 4.81. The van der Waals surface area contributed by atoms with E-state index in [-0.39, 0.29) is 6.04 Å². The van der Waals surface area contributed by atoms with E-state index in [1.807, 2.05) is 49.4 Å². The maximum absolute atomic E-state index is 13.6. The van der Waals surface area contributed by atoms with Crippen molar-refractivity contribution in [3.63, 3.8) is 0 Å². The number of fused-ring (bicyclic) bond motifs is 3. The van der Waals surface area contributed by atoms with Crippen molar-refractivity contribution in [2.45, 2.75) is 24.3 Å². The summed E-state index contributed by atoms with van der Waals surface area (Å²) in [6, 6.07) is 24.7. The zero-order valence-corrected chi connectivity index (χ0v) is 17.0. The maximum atomic E-state index is 13.6. The highest BCUT2D eigenvalue weighted by Crippen LogP contribution is 2.41. The fraction of sp³-hybridized carbons (Fsp3) is 0.167. The van der Waals surface area contributed by atoms with Crippen molar-refractivity contribution in [3.8, 4) is 0 Å². The van der Waals surface area contributed by atoms with Gasteiger partial charge in [-0.1, -0.05) is 66.2 Å². The number of nitrogens with one attached hydrogen (secondary N) is 1. The first-order valence-corrected chi connectivity index (χ1v) is 11.2. The van der Waals surface area contributed by atoms with Crippen molar-refractivity contribution in [1.29, 1.82) is 0 Å². The molecule has 0 bridgehead atoms. The number of hydrogen-bond donors (Lipinski definition) is 1. The lowest BCUT2D eigenvalue weighted by Gasteiger charge is -2.35. The highest BCUT2D eigenvalue weighted by atomic mass is 32.2. The fourth-order valence-corrected chi connectivity index (χ4v) is 5.90. The summed E-state index contributed by atoms with van der Waals surface area (Å²) in [7, 11) is -3.64. The average molecular weight is 403 g/mol. The Kier molecular flexibility index (Phi) is 4.30. The van der Waals surface area contributed by atoms with E-state index in [1.54, 1.807) is 28.6 Å². The second-order valence-corrected chi connectivity index (χ2v) is 9.45. The van der Waals surface area contributed by atoms with E-state index < -0.39 is 10.0 Å². The summed E-state index contributed by atoms with van der Waals surface area (Å²) in [4.78, 5) is 3.86. The third kappa shape index (κ3) is 2.98. The SMILES string of the molecule is Cc1ccc([C@@H]2c3[nH]c4ccccc4c3CCN2S(=O)(=O)c2ccccc2)cc1. The van der Waals surface area contributed by atoms with Crippen molar-refractivity contribution < 1.29 is 8.42 Å². The number of H-pyrrole nitrogens is 1. The smallest absolute Gasteiger partial charge is 0.244 e. The van der Waals surface area contributed by atoms with E-state index in [0.717, 1.165) is 22.3 Å². The van der Waals surface area contributed by atoms with Crippen LogP contribution in [-0.2, 0) is 16.4 Å².